The maximum atomic E-state index is 12.5. The quantitative estimate of drug-likeness (QED) is 0.169. The van der Waals surface area contributed by atoms with Gasteiger partial charge in [-0.15, -0.1) is 6.58 Å². The summed E-state index contributed by atoms with van der Waals surface area (Å²) in [5.74, 6) is -1.36. The van der Waals surface area contributed by atoms with E-state index < -0.39 is 30.1 Å². The molecule has 0 fully saturated rings. The summed E-state index contributed by atoms with van der Waals surface area (Å²) >= 11 is 0. The first-order valence-corrected chi connectivity index (χ1v) is 10.3. The largest absolute Gasteiger partial charge is 0.461 e. The standard InChI is InChI=1S/C22H35N3O6/c1-4-7-11-19(26)17(12-13-20(27)30-15-5-2)24-22(29)25-18(10-8-9-14-23)21(28)31-16-6-3/h4-6,17-18H,1-3,7-16,23H2,(H2,24,25,29). The van der Waals surface area contributed by atoms with Crippen molar-refractivity contribution in [2.45, 2.75) is 57.0 Å². The van der Waals surface area contributed by atoms with Crippen molar-refractivity contribution >= 4 is 23.8 Å². The van der Waals surface area contributed by atoms with E-state index in [0.717, 1.165) is 0 Å². The smallest absolute Gasteiger partial charge is 0.329 e. The number of allylic oxidation sites excluding steroid dienone is 1. The summed E-state index contributed by atoms with van der Waals surface area (Å²) in [6.45, 7) is 11.1. The van der Waals surface area contributed by atoms with Gasteiger partial charge in [-0.05, 0) is 38.6 Å². The first-order chi connectivity index (χ1) is 14.9. The molecular formula is C22H35N3O6. The molecule has 4 N–H and O–H groups in total. The van der Waals surface area contributed by atoms with Crippen molar-refractivity contribution in [3.05, 3.63) is 38.0 Å². The Bertz CT molecular complexity index is 620. The van der Waals surface area contributed by atoms with Gasteiger partial charge < -0.3 is 25.8 Å². The fourth-order valence-corrected chi connectivity index (χ4v) is 2.56. The molecule has 0 saturated heterocycles. The fourth-order valence-electron chi connectivity index (χ4n) is 2.56. The monoisotopic (exact) mass is 437 g/mol. The van der Waals surface area contributed by atoms with E-state index in [-0.39, 0.29) is 38.3 Å². The van der Waals surface area contributed by atoms with Crippen molar-refractivity contribution in [2.75, 3.05) is 19.8 Å². The molecule has 0 radical (unpaired) electrons. The molecule has 0 saturated carbocycles. The van der Waals surface area contributed by atoms with Crippen molar-refractivity contribution < 1.29 is 28.7 Å². The molecule has 0 rings (SSSR count). The third-order valence-corrected chi connectivity index (χ3v) is 4.17. The number of nitrogens with two attached hydrogens (primary N) is 1. The van der Waals surface area contributed by atoms with Crippen LogP contribution in [0, 0.1) is 0 Å². The van der Waals surface area contributed by atoms with E-state index in [9.17, 15) is 19.2 Å². The van der Waals surface area contributed by atoms with Gasteiger partial charge in [-0.3, -0.25) is 9.59 Å². The van der Waals surface area contributed by atoms with E-state index in [2.05, 4.69) is 30.4 Å². The van der Waals surface area contributed by atoms with Gasteiger partial charge >= 0.3 is 18.0 Å². The number of carbonyl (C=O) groups excluding carboxylic acids is 4. The van der Waals surface area contributed by atoms with Crippen LogP contribution >= 0.6 is 0 Å². The molecule has 2 unspecified atom stereocenters. The number of amides is 2. The molecule has 0 heterocycles. The molecule has 0 aromatic carbocycles. The van der Waals surface area contributed by atoms with Gasteiger partial charge in [0.2, 0.25) is 0 Å². The van der Waals surface area contributed by atoms with Crippen LogP contribution in [0.3, 0.4) is 0 Å². The highest BCUT2D eigenvalue weighted by molar-refractivity contribution is 5.90. The summed E-state index contributed by atoms with van der Waals surface area (Å²) in [4.78, 5) is 48.9. The number of unbranched alkanes of at least 4 members (excludes halogenated alkanes) is 1. The van der Waals surface area contributed by atoms with Crippen molar-refractivity contribution in [3.8, 4) is 0 Å². The van der Waals surface area contributed by atoms with Crippen LogP contribution in [0.2, 0.25) is 0 Å². The Morgan fingerprint density at radius 3 is 2.10 bits per heavy atom. The number of rotatable bonds is 18. The van der Waals surface area contributed by atoms with Gasteiger partial charge in [0, 0.05) is 12.8 Å². The Morgan fingerprint density at radius 2 is 1.48 bits per heavy atom. The first kappa shape index (κ1) is 28.1. The summed E-state index contributed by atoms with van der Waals surface area (Å²) in [5.41, 5.74) is 5.48. The molecule has 31 heavy (non-hydrogen) atoms. The predicted octanol–water partition coefficient (Wildman–Crippen LogP) is 1.93. The number of esters is 2. The molecule has 9 heteroatoms. The highest BCUT2D eigenvalue weighted by atomic mass is 16.5. The average molecular weight is 438 g/mol. The Hall–Kier alpha value is -2.94. The summed E-state index contributed by atoms with van der Waals surface area (Å²) in [7, 11) is 0. The number of ether oxygens (including phenoxy) is 2. The molecule has 2 amide bonds. The summed E-state index contributed by atoms with van der Waals surface area (Å²) in [6.07, 6.45) is 6.71. The molecule has 2 atom stereocenters. The fraction of sp³-hybridized carbons (Fsp3) is 0.545. The van der Waals surface area contributed by atoms with Crippen LogP contribution in [0.4, 0.5) is 4.79 Å². The number of nitrogens with one attached hydrogen (secondary N) is 2. The van der Waals surface area contributed by atoms with E-state index >= 15 is 0 Å². The number of urea groups is 1. The molecule has 0 spiro atoms. The average Bonchev–Trinajstić information content (AvgIpc) is 2.76. The number of carbonyl (C=O) groups is 4. The first-order valence-electron chi connectivity index (χ1n) is 10.3. The maximum Gasteiger partial charge on any atom is 0.329 e. The van der Waals surface area contributed by atoms with Crippen LogP contribution in [-0.2, 0) is 23.9 Å². The lowest BCUT2D eigenvalue weighted by atomic mass is 10.0. The van der Waals surface area contributed by atoms with Gasteiger partial charge in [-0.1, -0.05) is 31.4 Å². The van der Waals surface area contributed by atoms with Crippen LogP contribution in [-0.4, -0.2) is 55.6 Å². The second-order valence-corrected chi connectivity index (χ2v) is 6.73. The van der Waals surface area contributed by atoms with Gasteiger partial charge in [0.05, 0.1) is 6.04 Å². The normalized spacial score (nSPS) is 12.0. The van der Waals surface area contributed by atoms with E-state index in [1.807, 2.05) is 0 Å². The zero-order chi connectivity index (χ0) is 23.5. The Morgan fingerprint density at radius 1 is 0.839 bits per heavy atom. The lowest BCUT2D eigenvalue weighted by Gasteiger charge is -2.21. The third kappa shape index (κ3) is 13.8. The maximum absolute atomic E-state index is 12.5. The van der Waals surface area contributed by atoms with Gasteiger partial charge in [-0.2, -0.15) is 0 Å². The number of ketones is 1. The van der Waals surface area contributed by atoms with Crippen molar-refractivity contribution in [3.63, 3.8) is 0 Å². The number of Topliss-reactive ketones (excluding diaryl/α,β-unsaturated/α-hetero) is 1. The second-order valence-electron chi connectivity index (χ2n) is 6.73. The van der Waals surface area contributed by atoms with Crippen LogP contribution in [0.25, 0.3) is 0 Å². The molecular weight excluding hydrogens is 402 g/mol. The Balaban J connectivity index is 5.04. The second kappa shape index (κ2) is 17.9. The zero-order valence-electron chi connectivity index (χ0n) is 18.1. The van der Waals surface area contributed by atoms with Gasteiger partial charge in [0.1, 0.15) is 19.3 Å². The van der Waals surface area contributed by atoms with E-state index in [1.54, 1.807) is 6.08 Å². The lowest BCUT2D eigenvalue weighted by molar-refractivity contribution is -0.145. The molecule has 0 aromatic heterocycles. The molecule has 0 aliphatic rings. The minimum atomic E-state index is -0.912. The van der Waals surface area contributed by atoms with Crippen LogP contribution < -0.4 is 16.4 Å². The molecule has 0 aliphatic heterocycles. The molecule has 9 nitrogen and oxygen atoms in total. The van der Waals surface area contributed by atoms with E-state index in [0.29, 0.717) is 32.2 Å². The highest BCUT2D eigenvalue weighted by Gasteiger charge is 2.25. The van der Waals surface area contributed by atoms with Crippen molar-refractivity contribution in [1.29, 1.82) is 0 Å². The molecule has 0 bridgehead atoms. The van der Waals surface area contributed by atoms with Gasteiger partial charge in [0.15, 0.2) is 5.78 Å². The number of hydrogen-bond acceptors (Lipinski definition) is 7. The van der Waals surface area contributed by atoms with Crippen molar-refractivity contribution in [2.24, 2.45) is 5.73 Å². The zero-order valence-corrected chi connectivity index (χ0v) is 18.1. The minimum Gasteiger partial charge on any atom is -0.461 e. The van der Waals surface area contributed by atoms with Crippen LogP contribution in [0.15, 0.2) is 38.0 Å². The molecule has 174 valence electrons. The third-order valence-electron chi connectivity index (χ3n) is 4.17. The summed E-state index contributed by atoms with van der Waals surface area (Å²) in [5, 5.41) is 5.10. The van der Waals surface area contributed by atoms with E-state index in [4.69, 9.17) is 15.2 Å². The Labute approximate surface area is 184 Å². The Kier molecular flexibility index (Phi) is 16.2. The van der Waals surface area contributed by atoms with Crippen molar-refractivity contribution in [1.82, 2.24) is 10.6 Å². The number of hydrogen-bond donors (Lipinski definition) is 3. The SMILES string of the molecule is C=CCCC(=O)C(CCC(=O)OCC=C)NC(=O)NC(CCCCN)C(=O)OCC=C. The highest BCUT2D eigenvalue weighted by Crippen LogP contribution is 2.07. The minimum absolute atomic E-state index is 0.0189. The van der Waals surface area contributed by atoms with Crippen LogP contribution in [0.5, 0.6) is 0 Å². The molecule has 0 aromatic rings. The lowest BCUT2D eigenvalue weighted by Crippen LogP contribution is -2.51. The van der Waals surface area contributed by atoms with Gasteiger partial charge in [0.25, 0.3) is 0 Å². The van der Waals surface area contributed by atoms with E-state index in [1.165, 1.54) is 12.2 Å². The molecule has 0 aliphatic carbocycles. The van der Waals surface area contributed by atoms with Gasteiger partial charge in [-0.25, -0.2) is 9.59 Å². The topological polar surface area (TPSA) is 137 Å². The summed E-state index contributed by atoms with van der Waals surface area (Å²) in [6, 6.07) is -2.51. The summed E-state index contributed by atoms with van der Waals surface area (Å²) < 4.78 is 9.93. The predicted molar refractivity (Wildman–Crippen MR) is 118 cm³/mol. The van der Waals surface area contributed by atoms with Crippen LogP contribution in [0.1, 0.15) is 44.9 Å².